The van der Waals surface area contributed by atoms with Crippen LogP contribution in [0.3, 0.4) is 0 Å². The number of carbonyl (C=O) groups excluding carboxylic acids is 2. The van der Waals surface area contributed by atoms with Gasteiger partial charge >= 0.3 is 11.9 Å². The van der Waals surface area contributed by atoms with E-state index in [1.165, 1.54) is 51.4 Å². The van der Waals surface area contributed by atoms with Gasteiger partial charge in [0.2, 0.25) is 0 Å². The molecule has 0 bridgehead atoms. The van der Waals surface area contributed by atoms with Crippen LogP contribution < -0.4 is 9.47 Å². The number of hydrogen-bond donors (Lipinski definition) is 0. The van der Waals surface area contributed by atoms with Gasteiger partial charge in [-0.3, -0.25) is 9.59 Å². The van der Waals surface area contributed by atoms with Gasteiger partial charge in [0, 0.05) is 52.1 Å². The average molecular weight is 858 g/mol. The smallest absolute Gasteiger partial charge is 0.306 e. The van der Waals surface area contributed by atoms with Gasteiger partial charge in [0.15, 0.2) is 12.2 Å². The first-order chi connectivity index (χ1) is 27.9. The summed E-state index contributed by atoms with van der Waals surface area (Å²) in [5, 5.41) is 3.45. The lowest BCUT2D eigenvalue weighted by Crippen LogP contribution is -2.30. The third-order valence-electron chi connectivity index (χ3n) is 10.2. The zero-order chi connectivity index (χ0) is 40.9. The highest BCUT2D eigenvalue weighted by Crippen LogP contribution is 2.44. The van der Waals surface area contributed by atoms with Crippen LogP contribution in [0.2, 0.25) is 0 Å². The third kappa shape index (κ3) is 19.2. The lowest BCUT2D eigenvalue weighted by Gasteiger charge is -2.23. The molecule has 3 aromatic carbocycles. The fourth-order valence-electron chi connectivity index (χ4n) is 6.89. The fourth-order valence-corrected chi connectivity index (χ4v) is 7.26. The second kappa shape index (κ2) is 30.2. The number of benzene rings is 3. The fraction of sp³-hybridized carbons (Fsp3) is 0.667. The SMILES string of the molecule is CCCCCCCCOCC(COc1c2ccccc2c(OCC(COCCCCCCCC)OC(=O)CCCCC)c2cc(Br)ccc12)OC(=O)CCCCC. The van der Waals surface area contributed by atoms with Gasteiger partial charge < -0.3 is 28.4 Å². The highest BCUT2D eigenvalue weighted by molar-refractivity contribution is 9.10. The van der Waals surface area contributed by atoms with E-state index in [1.54, 1.807) is 0 Å². The van der Waals surface area contributed by atoms with Crippen LogP contribution in [0.4, 0.5) is 0 Å². The molecule has 0 N–H and O–H groups in total. The molecular weight excluding hydrogens is 784 g/mol. The van der Waals surface area contributed by atoms with Gasteiger partial charge in [0.05, 0.1) is 13.2 Å². The maximum atomic E-state index is 12.9. The summed E-state index contributed by atoms with van der Waals surface area (Å²) in [6.45, 7) is 10.8. The molecule has 0 aliphatic heterocycles. The molecule has 0 saturated heterocycles. The van der Waals surface area contributed by atoms with Crippen molar-refractivity contribution in [1.82, 2.24) is 0 Å². The van der Waals surface area contributed by atoms with Gasteiger partial charge in [-0.05, 0) is 43.9 Å². The largest absolute Gasteiger partial charge is 0.488 e. The van der Waals surface area contributed by atoms with Crippen molar-refractivity contribution in [2.45, 2.75) is 168 Å². The van der Waals surface area contributed by atoms with Crippen LogP contribution in [-0.2, 0) is 28.5 Å². The van der Waals surface area contributed by atoms with Crippen molar-refractivity contribution in [2.75, 3.05) is 39.6 Å². The summed E-state index contributed by atoms with van der Waals surface area (Å²) in [6.07, 6.45) is 19.5. The number of unbranched alkanes of at least 4 members (excludes halogenated alkanes) is 14. The van der Waals surface area contributed by atoms with Gasteiger partial charge in [0.25, 0.3) is 0 Å². The topological polar surface area (TPSA) is 89.5 Å². The van der Waals surface area contributed by atoms with E-state index < -0.39 is 12.2 Å². The van der Waals surface area contributed by atoms with Crippen molar-refractivity contribution in [3.63, 3.8) is 0 Å². The summed E-state index contributed by atoms with van der Waals surface area (Å²) in [5.74, 6) is 0.917. The molecule has 0 heterocycles. The van der Waals surface area contributed by atoms with Gasteiger partial charge in [-0.15, -0.1) is 0 Å². The molecule has 0 aliphatic carbocycles. The number of fused-ring (bicyclic) bond motifs is 2. The zero-order valence-electron chi connectivity index (χ0n) is 35.7. The summed E-state index contributed by atoms with van der Waals surface area (Å²) >= 11 is 3.68. The quantitative estimate of drug-likeness (QED) is 0.0333. The van der Waals surface area contributed by atoms with Crippen LogP contribution in [0, 0.1) is 0 Å². The molecule has 9 heteroatoms. The van der Waals surface area contributed by atoms with Crippen molar-refractivity contribution in [3.05, 3.63) is 46.9 Å². The van der Waals surface area contributed by atoms with Crippen LogP contribution in [0.5, 0.6) is 11.5 Å². The third-order valence-corrected chi connectivity index (χ3v) is 10.7. The second-order valence-corrected chi connectivity index (χ2v) is 16.3. The molecule has 3 rings (SSSR count). The number of esters is 2. The molecule has 0 spiro atoms. The normalized spacial score (nSPS) is 12.5. The maximum Gasteiger partial charge on any atom is 0.306 e. The van der Waals surface area contributed by atoms with Gasteiger partial charge in [-0.1, -0.05) is 158 Å². The number of carbonyl (C=O) groups is 2. The minimum absolute atomic E-state index is 0.147. The van der Waals surface area contributed by atoms with Crippen molar-refractivity contribution in [2.24, 2.45) is 0 Å². The van der Waals surface area contributed by atoms with Gasteiger partial charge in [-0.2, -0.15) is 0 Å². The molecule has 0 saturated carbocycles. The first-order valence-corrected chi connectivity index (χ1v) is 23.1. The predicted molar refractivity (Wildman–Crippen MR) is 237 cm³/mol. The van der Waals surface area contributed by atoms with Crippen LogP contribution in [0.1, 0.15) is 156 Å². The minimum Gasteiger partial charge on any atom is -0.488 e. The Balaban J connectivity index is 1.81. The Bertz CT molecular complexity index is 1540. The average Bonchev–Trinajstić information content (AvgIpc) is 3.20. The molecule has 8 nitrogen and oxygen atoms in total. The minimum atomic E-state index is -0.555. The van der Waals surface area contributed by atoms with E-state index in [1.807, 2.05) is 42.5 Å². The van der Waals surface area contributed by atoms with E-state index in [0.29, 0.717) is 37.6 Å². The van der Waals surface area contributed by atoms with E-state index in [9.17, 15) is 9.59 Å². The highest BCUT2D eigenvalue weighted by Gasteiger charge is 2.23. The molecule has 0 aliphatic rings. The monoisotopic (exact) mass is 856 g/mol. The van der Waals surface area contributed by atoms with Crippen molar-refractivity contribution >= 4 is 49.4 Å². The summed E-state index contributed by atoms with van der Waals surface area (Å²) < 4.78 is 38.3. The Morgan fingerprint density at radius 2 is 0.895 bits per heavy atom. The Hall–Kier alpha value is -2.88. The molecule has 57 heavy (non-hydrogen) atoms. The molecule has 2 unspecified atom stereocenters. The highest BCUT2D eigenvalue weighted by atomic mass is 79.9. The van der Waals surface area contributed by atoms with E-state index in [0.717, 1.165) is 90.2 Å². The van der Waals surface area contributed by atoms with E-state index in [2.05, 4.69) is 43.6 Å². The molecule has 0 amide bonds. The van der Waals surface area contributed by atoms with E-state index in [-0.39, 0.29) is 38.4 Å². The lowest BCUT2D eigenvalue weighted by molar-refractivity contribution is -0.155. The summed E-state index contributed by atoms with van der Waals surface area (Å²) in [4.78, 5) is 25.8. The van der Waals surface area contributed by atoms with Crippen molar-refractivity contribution in [3.8, 4) is 11.5 Å². The first-order valence-electron chi connectivity index (χ1n) is 22.4. The Morgan fingerprint density at radius 1 is 0.491 bits per heavy atom. The Labute approximate surface area is 352 Å². The standard InChI is InChI=1S/C48H73BrO8/c1-5-9-13-15-17-23-31-52-34-39(56-45(50)27-19-11-7-3)36-54-47-41-25-21-22-26-42(41)48(44-33-38(49)29-30-43(44)47)55-37-40(57-46(51)28-20-12-8-4)35-53-32-24-18-16-14-10-6-2/h21-22,25-26,29-30,33,39-40H,5-20,23-24,27-28,31-32,34-37H2,1-4H3. The summed E-state index contributed by atoms with van der Waals surface area (Å²) in [7, 11) is 0. The van der Waals surface area contributed by atoms with Crippen LogP contribution in [0.25, 0.3) is 21.5 Å². The van der Waals surface area contributed by atoms with Gasteiger partial charge in [-0.25, -0.2) is 0 Å². The van der Waals surface area contributed by atoms with Crippen molar-refractivity contribution < 1.29 is 38.0 Å². The first kappa shape index (κ1) is 48.5. The molecule has 320 valence electrons. The van der Waals surface area contributed by atoms with Crippen LogP contribution in [-0.4, -0.2) is 63.8 Å². The second-order valence-electron chi connectivity index (χ2n) is 15.3. The predicted octanol–water partition coefficient (Wildman–Crippen LogP) is 13.3. The van der Waals surface area contributed by atoms with Crippen LogP contribution >= 0.6 is 15.9 Å². The van der Waals surface area contributed by atoms with Crippen molar-refractivity contribution in [1.29, 1.82) is 0 Å². The summed E-state index contributed by atoms with van der Waals surface area (Å²) in [5.41, 5.74) is 0. The lowest BCUT2D eigenvalue weighted by atomic mass is 10.0. The molecule has 0 radical (unpaired) electrons. The molecule has 0 fully saturated rings. The van der Waals surface area contributed by atoms with E-state index in [4.69, 9.17) is 28.4 Å². The van der Waals surface area contributed by atoms with Gasteiger partial charge in [0.1, 0.15) is 24.7 Å². The molecule has 2 atom stereocenters. The summed E-state index contributed by atoms with van der Waals surface area (Å²) in [6, 6.07) is 14.0. The van der Waals surface area contributed by atoms with E-state index >= 15 is 0 Å². The number of halogens is 1. The number of ether oxygens (including phenoxy) is 6. The van der Waals surface area contributed by atoms with Crippen LogP contribution in [0.15, 0.2) is 46.9 Å². The molecule has 0 aromatic heterocycles. The molecular formula is C48H73BrO8. The Kier molecular flexibility index (Phi) is 25.7. The molecule has 3 aromatic rings. The maximum absolute atomic E-state index is 12.9. The number of hydrogen-bond acceptors (Lipinski definition) is 8. The number of rotatable bonds is 34. The Morgan fingerprint density at radius 3 is 1.37 bits per heavy atom. The zero-order valence-corrected chi connectivity index (χ0v) is 37.3.